The van der Waals surface area contributed by atoms with Crippen molar-refractivity contribution in [1.29, 1.82) is 0 Å². The van der Waals surface area contributed by atoms with Gasteiger partial charge in [0, 0.05) is 29.4 Å². The van der Waals surface area contributed by atoms with E-state index in [0.29, 0.717) is 17.7 Å². The number of ether oxygens (including phenoxy) is 2. The molecule has 5 aliphatic carbocycles. The maximum absolute atomic E-state index is 14.0. The number of fused-ring (bicyclic) bond motifs is 4. The number of likely N-dealkylation sites (tertiary alicyclic amines) is 1. The zero-order valence-corrected chi connectivity index (χ0v) is 35.8. The van der Waals surface area contributed by atoms with Gasteiger partial charge in [0.2, 0.25) is 11.8 Å². The highest BCUT2D eigenvalue weighted by Crippen LogP contribution is 2.59. The number of alkyl carbamates (subject to hydrolysis) is 2. The summed E-state index contributed by atoms with van der Waals surface area (Å²) in [5.74, 6) is 2.07. The van der Waals surface area contributed by atoms with Gasteiger partial charge in [-0.05, 0) is 105 Å². The number of piperidine rings is 1. The highest BCUT2D eigenvalue weighted by Gasteiger charge is 2.57. The molecule has 3 heterocycles. The van der Waals surface area contributed by atoms with Crippen LogP contribution in [0.1, 0.15) is 134 Å². The van der Waals surface area contributed by atoms with Gasteiger partial charge in [-0.3, -0.25) is 9.59 Å². The van der Waals surface area contributed by atoms with Crippen LogP contribution in [0.3, 0.4) is 0 Å². The molecule has 14 heteroatoms. The summed E-state index contributed by atoms with van der Waals surface area (Å²) in [5.41, 5.74) is 4.71. The highest BCUT2D eigenvalue weighted by atomic mass is 16.5. The lowest BCUT2D eigenvalue weighted by Crippen LogP contribution is -2.52. The third kappa shape index (κ3) is 7.49. The van der Waals surface area contributed by atoms with Gasteiger partial charge in [0.25, 0.3) is 0 Å². The molecule has 1 saturated heterocycles. The number of nitrogens with zero attached hydrogens (tertiary/aromatic N) is 4. The van der Waals surface area contributed by atoms with E-state index >= 15 is 0 Å². The van der Waals surface area contributed by atoms with Crippen LogP contribution in [0.25, 0.3) is 11.3 Å². The second-order valence-electron chi connectivity index (χ2n) is 19.0. The minimum absolute atomic E-state index is 0.0529. The van der Waals surface area contributed by atoms with E-state index in [-0.39, 0.29) is 58.6 Å². The molecule has 6 aliphatic rings. The van der Waals surface area contributed by atoms with E-state index in [9.17, 15) is 19.2 Å². The van der Waals surface area contributed by atoms with Crippen molar-refractivity contribution in [2.24, 2.45) is 23.7 Å². The van der Waals surface area contributed by atoms with Crippen molar-refractivity contribution in [3.05, 3.63) is 59.6 Å². The van der Waals surface area contributed by atoms with Crippen molar-refractivity contribution in [2.45, 2.75) is 146 Å². The van der Waals surface area contributed by atoms with E-state index in [2.05, 4.69) is 51.8 Å². The number of hydrogen-bond acceptors (Lipinski definition) is 8. The van der Waals surface area contributed by atoms with Crippen molar-refractivity contribution < 1.29 is 28.7 Å². The molecule has 0 radical (unpaired) electrons. The predicted molar refractivity (Wildman–Crippen MR) is 221 cm³/mol. The Labute approximate surface area is 347 Å². The normalized spacial score (nSPS) is 29.4. The second-order valence-corrected chi connectivity index (χ2v) is 19.0. The van der Waals surface area contributed by atoms with Gasteiger partial charge >= 0.3 is 12.2 Å². The number of amides is 4. The van der Waals surface area contributed by atoms with Gasteiger partial charge in [-0.1, -0.05) is 58.9 Å². The molecule has 318 valence electrons. The van der Waals surface area contributed by atoms with Crippen molar-refractivity contribution in [2.75, 3.05) is 14.2 Å². The number of rotatable bonds is 13. The van der Waals surface area contributed by atoms with Crippen molar-refractivity contribution >= 4 is 24.0 Å². The molecule has 2 aromatic heterocycles. The molecule has 4 unspecified atom stereocenters. The first-order valence-electron chi connectivity index (χ1n) is 21.7. The molecule has 4 N–H and O–H groups in total. The molecule has 2 bridgehead atoms. The van der Waals surface area contributed by atoms with Gasteiger partial charge < -0.3 is 39.9 Å². The van der Waals surface area contributed by atoms with Crippen LogP contribution in [0.15, 0.2) is 36.7 Å². The Morgan fingerprint density at radius 3 is 1.97 bits per heavy atom. The smallest absolute Gasteiger partial charge is 0.407 e. The largest absolute Gasteiger partial charge is 0.453 e. The van der Waals surface area contributed by atoms with Crippen LogP contribution in [0.5, 0.6) is 0 Å². The molecule has 59 heavy (non-hydrogen) atoms. The molecule has 4 amide bonds. The number of aromatic amines is 2. The zero-order valence-electron chi connectivity index (χ0n) is 35.8. The van der Waals surface area contributed by atoms with Gasteiger partial charge in [-0.2, -0.15) is 0 Å². The van der Waals surface area contributed by atoms with Crippen LogP contribution in [-0.4, -0.2) is 92.1 Å². The quantitative estimate of drug-likeness (QED) is 0.142. The summed E-state index contributed by atoms with van der Waals surface area (Å²) >= 11 is 0. The number of methoxy groups -OCH3 is 2. The Balaban J connectivity index is 0.926. The van der Waals surface area contributed by atoms with Crippen LogP contribution < -0.4 is 10.6 Å². The molecule has 9 rings (SSSR count). The monoisotopic (exact) mass is 810 g/mol. The lowest BCUT2D eigenvalue weighted by atomic mass is 9.51. The number of carbonyl (C=O) groups is 4. The van der Waals surface area contributed by atoms with Crippen LogP contribution in [-0.2, 0) is 29.9 Å². The summed E-state index contributed by atoms with van der Waals surface area (Å²) in [7, 11) is 2.63. The molecule has 3 aromatic rings. The first kappa shape index (κ1) is 40.9. The fourth-order valence-corrected chi connectivity index (χ4v) is 10.7. The Kier molecular flexibility index (Phi) is 10.8. The van der Waals surface area contributed by atoms with Crippen molar-refractivity contribution in [3.8, 4) is 11.3 Å². The molecule has 1 aromatic carbocycles. The van der Waals surface area contributed by atoms with Crippen LogP contribution in [0.2, 0.25) is 0 Å². The maximum Gasteiger partial charge on any atom is 0.407 e. The molecular weight excluding hydrogens is 749 g/mol. The Hall–Kier alpha value is -4.88. The Bertz CT molecular complexity index is 2030. The minimum Gasteiger partial charge on any atom is -0.453 e. The number of benzene rings is 1. The number of aromatic nitrogens is 4. The van der Waals surface area contributed by atoms with Crippen LogP contribution in [0.4, 0.5) is 9.59 Å². The van der Waals surface area contributed by atoms with Crippen LogP contribution in [0, 0.1) is 23.7 Å². The first-order valence-corrected chi connectivity index (χ1v) is 21.7. The third-order valence-electron chi connectivity index (χ3n) is 14.8. The second kappa shape index (κ2) is 15.6. The number of hydrogen-bond donors (Lipinski definition) is 4. The molecule has 6 fully saturated rings. The van der Waals surface area contributed by atoms with E-state index < -0.39 is 24.3 Å². The molecule has 14 nitrogen and oxygen atoms in total. The average molecular weight is 811 g/mol. The fourth-order valence-electron chi connectivity index (χ4n) is 10.7. The van der Waals surface area contributed by atoms with E-state index in [0.717, 1.165) is 74.9 Å². The molecule has 8 atom stereocenters. The van der Waals surface area contributed by atoms with Gasteiger partial charge in [0.05, 0.1) is 38.2 Å². The van der Waals surface area contributed by atoms with Gasteiger partial charge in [0.1, 0.15) is 23.7 Å². The standard InChI is InChI=1S/C45H62N8O6/c1-24(2)36(50-42(56)58-7)40(54)52(32-19-26(32)5)27(6)38-46-22-31(48-38)28-9-11-30(12-10-28)44-13-16-45(17-14-44,18-15-44)35-23-47-39(49-35)34-21-29-20-33(29)53(34)41(55)37(25(3)4)51-43(57)59-8/h9-12,22-27,29,32-34,36-37H,13-21H2,1-8H3,(H,46,48)(H,47,49)(H,50,56)(H,51,57)/t26?,27-,29?,32?,33?,34-,36-,37-,44?,45?/m0/s1. The van der Waals surface area contributed by atoms with E-state index in [1.807, 2.05) is 56.8 Å². The van der Waals surface area contributed by atoms with Gasteiger partial charge in [0.15, 0.2) is 0 Å². The van der Waals surface area contributed by atoms with Gasteiger partial charge in [-0.25, -0.2) is 19.6 Å². The van der Waals surface area contributed by atoms with Gasteiger partial charge in [-0.15, -0.1) is 0 Å². The van der Waals surface area contributed by atoms with Crippen molar-refractivity contribution in [1.82, 2.24) is 40.4 Å². The number of imidazole rings is 2. The zero-order chi connectivity index (χ0) is 42.0. The number of nitrogens with one attached hydrogen (secondary N) is 4. The highest BCUT2D eigenvalue weighted by molar-refractivity contribution is 5.87. The summed E-state index contributed by atoms with van der Waals surface area (Å²) in [6.07, 6.45) is 12.0. The number of carbonyl (C=O) groups excluding carboxylic acids is 4. The lowest BCUT2D eigenvalue weighted by molar-refractivity contribution is -0.138. The minimum atomic E-state index is -0.701. The molecular formula is C45H62N8O6. The average Bonchev–Trinajstić information content (AvgIpc) is 3.88. The molecule has 5 saturated carbocycles. The summed E-state index contributed by atoms with van der Waals surface area (Å²) in [5, 5.41) is 5.53. The van der Waals surface area contributed by atoms with E-state index in [4.69, 9.17) is 19.4 Å². The summed E-state index contributed by atoms with van der Waals surface area (Å²) in [6.45, 7) is 11.9. The summed E-state index contributed by atoms with van der Waals surface area (Å²) in [4.78, 5) is 73.0. The Morgan fingerprint density at radius 1 is 0.797 bits per heavy atom. The third-order valence-corrected chi connectivity index (χ3v) is 14.8. The van der Waals surface area contributed by atoms with Crippen molar-refractivity contribution in [3.63, 3.8) is 0 Å². The lowest BCUT2D eigenvalue weighted by Gasteiger charge is -2.53. The summed E-state index contributed by atoms with van der Waals surface area (Å²) < 4.78 is 9.66. The number of H-pyrrole nitrogens is 2. The topological polar surface area (TPSA) is 175 Å². The van der Waals surface area contributed by atoms with Crippen LogP contribution >= 0.6 is 0 Å². The maximum atomic E-state index is 14.0. The predicted octanol–water partition coefficient (Wildman–Crippen LogP) is 7.06. The van der Waals surface area contributed by atoms with E-state index in [1.54, 1.807) is 0 Å². The molecule has 0 spiro atoms. The Morgan fingerprint density at radius 2 is 1.39 bits per heavy atom. The fraction of sp³-hybridized carbons (Fsp3) is 0.644. The molecule has 1 aliphatic heterocycles. The van der Waals surface area contributed by atoms with E-state index in [1.165, 1.54) is 25.5 Å². The summed E-state index contributed by atoms with van der Waals surface area (Å²) in [6, 6.07) is 7.47. The SMILES string of the molecule is COC(=O)N[C@H](C(=O)N(C1CC1C)[C@@H](C)c1ncc(-c2ccc(C34CCC(c5cnc([C@@H]6CC7CC7N6C(=O)[C@@H](NC(=O)OC)C(C)C)[nH]5)(CC3)CC4)cc2)[nH]1)C(C)C. The first-order chi connectivity index (χ1) is 28.2.